The first-order valence-electron chi connectivity index (χ1n) is 6.84. The summed E-state index contributed by atoms with van der Waals surface area (Å²) >= 11 is 0. The molecule has 0 radical (unpaired) electrons. The molecule has 0 spiro atoms. The number of carbonyl (C=O) groups is 2. The molecule has 126 valence electrons. The lowest BCUT2D eigenvalue weighted by Crippen LogP contribution is -2.34. The molecule has 2 atom stereocenters. The molecule has 1 saturated heterocycles. The van der Waals surface area contributed by atoms with E-state index in [-0.39, 0.29) is 5.56 Å². The van der Waals surface area contributed by atoms with Crippen LogP contribution in [-0.4, -0.2) is 60.2 Å². The molecule has 0 bridgehead atoms. The van der Waals surface area contributed by atoms with Crippen LogP contribution in [0.25, 0.3) is 0 Å². The summed E-state index contributed by atoms with van der Waals surface area (Å²) in [5.74, 6) is -5.61. The lowest BCUT2D eigenvalue weighted by molar-refractivity contribution is -0.187. The molecule has 23 heavy (non-hydrogen) atoms. The van der Waals surface area contributed by atoms with Crippen LogP contribution < -0.4 is 4.90 Å². The number of carboxylic acid groups (broad SMARTS) is 1. The number of aliphatic carboxylic acids is 1. The molecule has 0 saturated carbocycles. The van der Waals surface area contributed by atoms with Gasteiger partial charge in [-0.25, -0.2) is 4.98 Å². The number of anilines is 1. The topological polar surface area (TPSA) is 73.7 Å². The molecule has 1 amide bonds. The SMILES string of the molecule is CN(C)c1ncccc1C(=O)N1C[C@H](C(=O)O)[C@@H](C(F)(F)F)C1. The number of carboxylic acids is 1. The number of halogens is 3. The highest BCUT2D eigenvalue weighted by Crippen LogP contribution is 2.38. The fraction of sp³-hybridized carbons (Fsp3) is 0.500. The number of aromatic nitrogens is 1. The van der Waals surface area contributed by atoms with Gasteiger partial charge in [0.1, 0.15) is 5.82 Å². The lowest BCUT2D eigenvalue weighted by atomic mass is 9.96. The standard InChI is InChI=1S/C14H16F3N3O3/c1-19(2)11-8(4-3-5-18-11)12(21)20-6-9(13(22)23)10(7-20)14(15,16)17/h3-5,9-10H,6-7H2,1-2H3,(H,22,23)/t9-,10-/m0/s1. The highest BCUT2D eigenvalue weighted by molar-refractivity contribution is 5.99. The Kier molecular flexibility index (Phi) is 4.49. The Bertz CT molecular complexity index is 619. The van der Waals surface area contributed by atoms with E-state index < -0.39 is 43.0 Å². The van der Waals surface area contributed by atoms with Crippen molar-refractivity contribution in [2.24, 2.45) is 11.8 Å². The van der Waals surface area contributed by atoms with Gasteiger partial charge in [0.25, 0.3) is 5.91 Å². The van der Waals surface area contributed by atoms with E-state index in [0.717, 1.165) is 4.90 Å². The summed E-state index contributed by atoms with van der Waals surface area (Å²) in [6.07, 6.45) is -3.20. The number of rotatable bonds is 3. The third-order valence-electron chi connectivity index (χ3n) is 3.79. The first-order valence-corrected chi connectivity index (χ1v) is 6.84. The van der Waals surface area contributed by atoms with Crippen molar-refractivity contribution >= 4 is 17.7 Å². The van der Waals surface area contributed by atoms with Gasteiger partial charge >= 0.3 is 12.1 Å². The Morgan fingerprint density at radius 1 is 1.35 bits per heavy atom. The van der Waals surface area contributed by atoms with E-state index in [1.54, 1.807) is 19.0 Å². The van der Waals surface area contributed by atoms with Crippen LogP contribution in [0.3, 0.4) is 0 Å². The van der Waals surface area contributed by atoms with Crippen molar-refractivity contribution in [3.8, 4) is 0 Å². The van der Waals surface area contributed by atoms with Crippen molar-refractivity contribution in [3.05, 3.63) is 23.9 Å². The van der Waals surface area contributed by atoms with Crippen molar-refractivity contribution < 1.29 is 27.9 Å². The molecular formula is C14H16F3N3O3. The number of nitrogens with zero attached hydrogens (tertiary/aromatic N) is 3. The molecule has 1 aliphatic heterocycles. The van der Waals surface area contributed by atoms with Crippen molar-refractivity contribution in [2.45, 2.75) is 6.18 Å². The molecule has 1 aromatic heterocycles. The molecule has 1 N–H and O–H groups in total. The lowest BCUT2D eigenvalue weighted by Gasteiger charge is -2.21. The zero-order valence-electron chi connectivity index (χ0n) is 12.5. The van der Waals surface area contributed by atoms with Gasteiger partial charge in [0.15, 0.2) is 0 Å². The molecule has 1 aliphatic rings. The predicted octanol–water partition coefficient (Wildman–Crippen LogP) is 1.48. The average molecular weight is 331 g/mol. The summed E-state index contributed by atoms with van der Waals surface area (Å²) in [6, 6.07) is 2.97. The second-order valence-corrected chi connectivity index (χ2v) is 5.57. The average Bonchev–Trinajstić information content (AvgIpc) is 2.92. The van der Waals surface area contributed by atoms with E-state index in [1.165, 1.54) is 18.3 Å². The third-order valence-corrected chi connectivity index (χ3v) is 3.79. The van der Waals surface area contributed by atoms with Gasteiger partial charge < -0.3 is 14.9 Å². The molecule has 0 aromatic carbocycles. The number of carbonyl (C=O) groups excluding carboxylic acids is 1. The molecule has 9 heteroatoms. The van der Waals surface area contributed by atoms with Gasteiger partial charge in [0.05, 0.1) is 17.4 Å². The second-order valence-electron chi connectivity index (χ2n) is 5.57. The molecule has 1 aromatic rings. The van der Waals surface area contributed by atoms with E-state index >= 15 is 0 Å². The molecule has 6 nitrogen and oxygen atoms in total. The van der Waals surface area contributed by atoms with Gasteiger partial charge in [-0.1, -0.05) is 0 Å². The fourth-order valence-corrected chi connectivity index (χ4v) is 2.64. The zero-order valence-corrected chi connectivity index (χ0v) is 12.5. The normalized spacial score (nSPS) is 21.3. The van der Waals surface area contributed by atoms with Gasteiger partial charge in [-0.05, 0) is 12.1 Å². The van der Waals surface area contributed by atoms with Crippen molar-refractivity contribution in [1.82, 2.24) is 9.88 Å². The zero-order chi connectivity index (χ0) is 17.4. The van der Waals surface area contributed by atoms with Gasteiger partial charge in [-0.3, -0.25) is 9.59 Å². The van der Waals surface area contributed by atoms with Gasteiger partial charge in [0, 0.05) is 33.4 Å². The summed E-state index contributed by atoms with van der Waals surface area (Å²) in [7, 11) is 3.31. The second kappa shape index (κ2) is 6.05. The minimum absolute atomic E-state index is 0.143. The smallest absolute Gasteiger partial charge is 0.394 e. The van der Waals surface area contributed by atoms with Crippen LogP contribution in [0.5, 0.6) is 0 Å². The maximum Gasteiger partial charge on any atom is 0.394 e. The summed E-state index contributed by atoms with van der Waals surface area (Å²) in [6.45, 7) is -1.14. The number of pyridine rings is 1. The van der Waals surface area contributed by atoms with E-state index in [9.17, 15) is 22.8 Å². The van der Waals surface area contributed by atoms with E-state index in [1.807, 2.05) is 0 Å². The summed E-state index contributed by atoms with van der Waals surface area (Å²) in [5.41, 5.74) is 0.143. The Balaban J connectivity index is 2.30. The quantitative estimate of drug-likeness (QED) is 0.908. The van der Waals surface area contributed by atoms with Gasteiger partial charge in [0.2, 0.25) is 0 Å². The molecular weight excluding hydrogens is 315 g/mol. The number of hydrogen-bond donors (Lipinski definition) is 1. The highest BCUT2D eigenvalue weighted by Gasteiger charge is 2.53. The highest BCUT2D eigenvalue weighted by atomic mass is 19.4. The predicted molar refractivity (Wildman–Crippen MR) is 75.1 cm³/mol. The van der Waals surface area contributed by atoms with Gasteiger partial charge in [-0.15, -0.1) is 0 Å². The van der Waals surface area contributed by atoms with Crippen LogP contribution >= 0.6 is 0 Å². The van der Waals surface area contributed by atoms with E-state index in [4.69, 9.17) is 5.11 Å². The van der Waals surface area contributed by atoms with Crippen LogP contribution in [0.1, 0.15) is 10.4 Å². The molecule has 2 heterocycles. The minimum atomic E-state index is -4.67. The van der Waals surface area contributed by atoms with Gasteiger partial charge in [-0.2, -0.15) is 13.2 Å². The number of alkyl halides is 3. The molecule has 1 fully saturated rings. The largest absolute Gasteiger partial charge is 0.481 e. The Labute approximate surface area is 130 Å². The van der Waals surface area contributed by atoms with E-state index in [0.29, 0.717) is 5.82 Å². The van der Waals surface area contributed by atoms with Crippen molar-refractivity contribution in [2.75, 3.05) is 32.1 Å². The van der Waals surface area contributed by atoms with Crippen LogP contribution in [0.15, 0.2) is 18.3 Å². The molecule has 0 aliphatic carbocycles. The fourth-order valence-electron chi connectivity index (χ4n) is 2.64. The Morgan fingerprint density at radius 2 is 2.00 bits per heavy atom. The summed E-state index contributed by atoms with van der Waals surface area (Å²) in [4.78, 5) is 30.1. The molecule has 2 rings (SSSR count). The van der Waals surface area contributed by atoms with Crippen molar-refractivity contribution in [1.29, 1.82) is 0 Å². The van der Waals surface area contributed by atoms with Crippen LogP contribution in [0.4, 0.5) is 19.0 Å². The molecule has 0 unspecified atom stereocenters. The Morgan fingerprint density at radius 3 is 2.48 bits per heavy atom. The number of likely N-dealkylation sites (tertiary alicyclic amines) is 1. The summed E-state index contributed by atoms with van der Waals surface area (Å²) in [5, 5.41) is 9.00. The van der Waals surface area contributed by atoms with Crippen LogP contribution in [-0.2, 0) is 4.79 Å². The maximum absolute atomic E-state index is 13.0. The number of hydrogen-bond acceptors (Lipinski definition) is 4. The number of amides is 1. The minimum Gasteiger partial charge on any atom is -0.481 e. The Hall–Kier alpha value is -2.32. The third kappa shape index (κ3) is 3.38. The first kappa shape index (κ1) is 17.0. The first-order chi connectivity index (χ1) is 10.6. The van der Waals surface area contributed by atoms with E-state index in [2.05, 4.69) is 4.98 Å². The summed E-state index contributed by atoms with van der Waals surface area (Å²) < 4.78 is 39.0. The monoisotopic (exact) mass is 331 g/mol. The maximum atomic E-state index is 13.0. The van der Waals surface area contributed by atoms with Crippen LogP contribution in [0, 0.1) is 11.8 Å². The van der Waals surface area contributed by atoms with Crippen LogP contribution in [0.2, 0.25) is 0 Å². The van der Waals surface area contributed by atoms with Crippen molar-refractivity contribution in [3.63, 3.8) is 0 Å².